The van der Waals surface area contributed by atoms with E-state index in [2.05, 4.69) is 4.98 Å². The third kappa shape index (κ3) is 2.46. The fourth-order valence-electron chi connectivity index (χ4n) is 2.56. The summed E-state index contributed by atoms with van der Waals surface area (Å²) in [4.78, 5) is 4.57. The molecule has 3 rings (SSSR count). The number of halogens is 3. The van der Waals surface area contributed by atoms with Crippen LogP contribution in [-0.4, -0.2) is 4.98 Å². The van der Waals surface area contributed by atoms with Gasteiger partial charge < -0.3 is 5.73 Å². The van der Waals surface area contributed by atoms with Gasteiger partial charge in [-0.3, -0.25) is 0 Å². The molecule has 1 aliphatic carbocycles. The van der Waals surface area contributed by atoms with Crippen molar-refractivity contribution >= 4 is 34.5 Å². The molecule has 20 heavy (non-hydrogen) atoms. The normalized spacial score (nSPS) is 17.6. The molecule has 2 nitrogen and oxygen atoms in total. The predicted octanol–water partition coefficient (Wildman–Crippen LogP) is 4.98. The van der Waals surface area contributed by atoms with Crippen molar-refractivity contribution in [2.24, 2.45) is 5.73 Å². The van der Waals surface area contributed by atoms with Crippen molar-refractivity contribution in [3.05, 3.63) is 38.4 Å². The summed E-state index contributed by atoms with van der Waals surface area (Å²) in [6.07, 6.45) is 4.15. The van der Waals surface area contributed by atoms with Gasteiger partial charge in [-0.1, -0.05) is 36.0 Å². The second-order valence-electron chi connectivity index (χ2n) is 5.15. The van der Waals surface area contributed by atoms with Crippen LogP contribution in [0.3, 0.4) is 0 Å². The molecule has 0 unspecified atom stereocenters. The van der Waals surface area contributed by atoms with Gasteiger partial charge in [0.15, 0.2) is 0 Å². The molecule has 2 aromatic rings. The molecule has 1 heterocycles. The zero-order chi connectivity index (χ0) is 14.3. The Labute approximate surface area is 130 Å². The summed E-state index contributed by atoms with van der Waals surface area (Å²) in [5.41, 5.74) is 7.26. The minimum absolute atomic E-state index is 0.0142. The van der Waals surface area contributed by atoms with Crippen molar-refractivity contribution in [2.45, 2.75) is 31.2 Å². The highest BCUT2D eigenvalue weighted by Crippen LogP contribution is 2.40. The van der Waals surface area contributed by atoms with Gasteiger partial charge in [-0.15, -0.1) is 11.3 Å². The molecule has 1 fully saturated rings. The maximum Gasteiger partial charge on any atom is 0.142 e. The Kier molecular flexibility index (Phi) is 3.75. The highest BCUT2D eigenvalue weighted by Gasteiger charge is 2.34. The van der Waals surface area contributed by atoms with E-state index in [9.17, 15) is 4.39 Å². The van der Waals surface area contributed by atoms with Crippen LogP contribution in [0.25, 0.3) is 11.3 Å². The molecule has 0 spiro atoms. The van der Waals surface area contributed by atoms with Crippen LogP contribution in [0.2, 0.25) is 10.0 Å². The first-order valence-electron chi connectivity index (χ1n) is 6.39. The molecular formula is C14H13Cl2FN2S. The lowest BCUT2D eigenvalue weighted by atomic mass is 10.0. The minimum Gasteiger partial charge on any atom is -0.319 e. The molecule has 1 aliphatic rings. The molecule has 6 heteroatoms. The first-order chi connectivity index (χ1) is 9.49. The Hall–Kier alpha value is -0.680. The highest BCUT2D eigenvalue weighted by atomic mass is 35.5. The van der Waals surface area contributed by atoms with E-state index in [0.717, 1.165) is 30.7 Å². The molecule has 0 radical (unpaired) electrons. The second kappa shape index (κ2) is 5.26. The van der Waals surface area contributed by atoms with Crippen molar-refractivity contribution in [3.63, 3.8) is 0 Å². The number of nitrogens with two attached hydrogens (primary N) is 1. The summed E-state index contributed by atoms with van der Waals surface area (Å²) in [6, 6.07) is 2.72. The van der Waals surface area contributed by atoms with Crippen LogP contribution in [0.5, 0.6) is 0 Å². The number of hydrogen-bond donors (Lipinski definition) is 1. The summed E-state index contributed by atoms with van der Waals surface area (Å²) in [6.45, 7) is 0. The standard InChI is InChI=1S/C14H13Cl2FN2S/c15-9-6-10(16)11(17)5-8(9)12-7-20-13(19-12)14(18)3-1-2-4-14/h5-7H,1-4,18H2. The Morgan fingerprint density at radius 1 is 1.20 bits per heavy atom. The van der Waals surface area contributed by atoms with Crippen molar-refractivity contribution in [3.8, 4) is 11.3 Å². The first kappa shape index (κ1) is 14.3. The predicted molar refractivity (Wildman–Crippen MR) is 81.9 cm³/mol. The molecule has 1 aromatic heterocycles. The molecule has 106 valence electrons. The van der Waals surface area contributed by atoms with Crippen LogP contribution in [0, 0.1) is 5.82 Å². The summed E-state index contributed by atoms with van der Waals surface area (Å²) in [7, 11) is 0. The van der Waals surface area contributed by atoms with Gasteiger partial charge in [-0.05, 0) is 25.0 Å². The van der Waals surface area contributed by atoms with Gasteiger partial charge >= 0.3 is 0 Å². The molecule has 2 N–H and O–H groups in total. The quantitative estimate of drug-likeness (QED) is 0.788. The zero-order valence-corrected chi connectivity index (χ0v) is 13.0. The van der Waals surface area contributed by atoms with Gasteiger partial charge in [0.25, 0.3) is 0 Å². The lowest BCUT2D eigenvalue weighted by Crippen LogP contribution is -2.32. The van der Waals surface area contributed by atoms with Crippen LogP contribution in [0.15, 0.2) is 17.5 Å². The van der Waals surface area contributed by atoms with E-state index in [1.54, 1.807) is 0 Å². The van der Waals surface area contributed by atoms with Gasteiger partial charge in [-0.25, -0.2) is 9.37 Å². The maximum atomic E-state index is 13.6. The largest absolute Gasteiger partial charge is 0.319 e. The van der Waals surface area contributed by atoms with Gasteiger partial charge in [0.05, 0.1) is 21.3 Å². The molecule has 0 amide bonds. The van der Waals surface area contributed by atoms with E-state index in [1.807, 2.05) is 5.38 Å². The topological polar surface area (TPSA) is 38.9 Å². The van der Waals surface area contributed by atoms with E-state index < -0.39 is 5.82 Å². The van der Waals surface area contributed by atoms with E-state index in [1.165, 1.54) is 23.5 Å². The third-order valence-corrected chi connectivity index (χ3v) is 5.38. The summed E-state index contributed by atoms with van der Waals surface area (Å²) < 4.78 is 13.6. The minimum atomic E-state index is -0.496. The van der Waals surface area contributed by atoms with Gasteiger partial charge in [0.1, 0.15) is 10.8 Å². The van der Waals surface area contributed by atoms with Crippen molar-refractivity contribution < 1.29 is 4.39 Å². The third-order valence-electron chi connectivity index (χ3n) is 3.71. The van der Waals surface area contributed by atoms with E-state index in [4.69, 9.17) is 28.9 Å². The Morgan fingerprint density at radius 3 is 2.60 bits per heavy atom. The van der Waals surface area contributed by atoms with Crippen LogP contribution >= 0.6 is 34.5 Å². The van der Waals surface area contributed by atoms with Crippen LogP contribution < -0.4 is 5.73 Å². The highest BCUT2D eigenvalue weighted by molar-refractivity contribution is 7.10. The number of aromatic nitrogens is 1. The molecule has 0 saturated heterocycles. The lowest BCUT2D eigenvalue weighted by Gasteiger charge is -2.19. The van der Waals surface area contributed by atoms with Crippen LogP contribution in [-0.2, 0) is 5.54 Å². The Morgan fingerprint density at radius 2 is 1.90 bits per heavy atom. The van der Waals surface area contributed by atoms with E-state index in [0.29, 0.717) is 16.3 Å². The zero-order valence-electron chi connectivity index (χ0n) is 10.6. The van der Waals surface area contributed by atoms with Gasteiger partial charge in [0, 0.05) is 10.9 Å². The Bertz CT molecular complexity index is 651. The SMILES string of the molecule is NC1(c2nc(-c3cc(F)c(Cl)cc3Cl)cs2)CCCC1. The molecular weight excluding hydrogens is 318 g/mol. The summed E-state index contributed by atoms with van der Waals surface area (Å²) >= 11 is 13.3. The number of benzene rings is 1. The number of nitrogens with zero attached hydrogens (tertiary/aromatic N) is 1. The van der Waals surface area contributed by atoms with Crippen molar-refractivity contribution in [2.75, 3.05) is 0 Å². The van der Waals surface area contributed by atoms with Gasteiger partial charge in [-0.2, -0.15) is 0 Å². The average molecular weight is 331 g/mol. The summed E-state index contributed by atoms with van der Waals surface area (Å²) in [5.74, 6) is -0.496. The Balaban J connectivity index is 2.00. The monoisotopic (exact) mass is 330 g/mol. The molecule has 1 saturated carbocycles. The molecule has 1 aromatic carbocycles. The van der Waals surface area contributed by atoms with Crippen LogP contribution in [0.1, 0.15) is 30.7 Å². The number of hydrogen-bond acceptors (Lipinski definition) is 3. The fourth-order valence-corrected chi connectivity index (χ4v) is 4.04. The molecule has 0 aliphatic heterocycles. The molecule has 0 atom stereocenters. The smallest absolute Gasteiger partial charge is 0.142 e. The van der Waals surface area contributed by atoms with E-state index in [-0.39, 0.29) is 10.6 Å². The summed E-state index contributed by atoms with van der Waals surface area (Å²) in [5, 5.41) is 3.18. The molecule has 0 bridgehead atoms. The lowest BCUT2D eigenvalue weighted by molar-refractivity contribution is 0.459. The van der Waals surface area contributed by atoms with Crippen molar-refractivity contribution in [1.82, 2.24) is 4.98 Å². The van der Waals surface area contributed by atoms with Gasteiger partial charge in [0.2, 0.25) is 0 Å². The number of thiazole rings is 1. The first-order valence-corrected chi connectivity index (χ1v) is 8.03. The van der Waals surface area contributed by atoms with E-state index >= 15 is 0 Å². The number of rotatable bonds is 2. The van der Waals surface area contributed by atoms with Crippen molar-refractivity contribution in [1.29, 1.82) is 0 Å². The second-order valence-corrected chi connectivity index (χ2v) is 6.82. The van der Waals surface area contributed by atoms with Crippen LogP contribution in [0.4, 0.5) is 4.39 Å². The fraction of sp³-hybridized carbons (Fsp3) is 0.357. The maximum absolute atomic E-state index is 13.6. The average Bonchev–Trinajstić information content (AvgIpc) is 3.03.